The molecule has 1 amide bonds. The second-order valence-corrected chi connectivity index (χ2v) is 5.26. The third-order valence-electron chi connectivity index (χ3n) is 2.80. The minimum Gasteiger partial charge on any atom is -0.493 e. The van der Waals surface area contributed by atoms with Gasteiger partial charge in [-0.25, -0.2) is 0 Å². The molecule has 1 aromatic carbocycles. The molecule has 2 aromatic heterocycles. The molecule has 0 aliphatic heterocycles. The number of hydrogen-bond donors (Lipinski definition) is 1. The number of rotatable bonds is 6. The molecular formula is C15H12BrN3O4. The Morgan fingerprint density at radius 2 is 1.96 bits per heavy atom. The smallest absolute Gasteiger partial charge is 0.322 e. The molecule has 0 radical (unpaired) electrons. The number of carbonyl (C=O) groups is 1. The molecule has 0 bridgehead atoms. The van der Waals surface area contributed by atoms with Crippen LogP contribution in [0.1, 0.15) is 6.42 Å². The van der Waals surface area contributed by atoms with E-state index >= 15 is 0 Å². The highest BCUT2D eigenvalue weighted by Gasteiger charge is 2.14. The Morgan fingerprint density at radius 3 is 2.70 bits per heavy atom. The lowest BCUT2D eigenvalue weighted by Gasteiger charge is -2.04. The summed E-state index contributed by atoms with van der Waals surface area (Å²) in [7, 11) is 0. The molecule has 0 spiro atoms. The van der Waals surface area contributed by atoms with E-state index in [1.54, 1.807) is 12.1 Å². The third kappa shape index (κ3) is 4.19. The maximum Gasteiger partial charge on any atom is 0.322 e. The van der Waals surface area contributed by atoms with Crippen molar-refractivity contribution in [2.75, 3.05) is 11.9 Å². The number of furan rings is 1. The Hall–Kier alpha value is -2.61. The summed E-state index contributed by atoms with van der Waals surface area (Å²) < 4.78 is 16.6. The lowest BCUT2D eigenvalue weighted by Crippen LogP contribution is -2.15. The maximum absolute atomic E-state index is 11.8. The Balaban J connectivity index is 1.49. The summed E-state index contributed by atoms with van der Waals surface area (Å²) in [4.78, 5) is 11.8. The molecular weight excluding hydrogens is 366 g/mol. The van der Waals surface area contributed by atoms with E-state index in [0.29, 0.717) is 16.2 Å². The van der Waals surface area contributed by atoms with Crippen molar-refractivity contribution in [3.05, 3.63) is 47.1 Å². The van der Waals surface area contributed by atoms with Crippen LogP contribution in [0.5, 0.6) is 5.75 Å². The van der Waals surface area contributed by atoms with Crippen molar-refractivity contribution >= 4 is 27.9 Å². The summed E-state index contributed by atoms with van der Waals surface area (Å²) in [5.41, 5.74) is 0. The van der Waals surface area contributed by atoms with Crippen molar-refractivity contribution in [3.8, 4) is 17.4 Å². The molecule has 3 aromatic rings. The minimum atomic E-state index is -0.281. The monoisotopic (exact) mass is 377 g/mol. The van der Waals surface area contributed by atoms with Gasteiger partial charge in [-0.15, -0.1) is 5.10 Å². The van der Waals surface area contributed by atoms with Crippen LogP contribution in [0.2, 0.25) is 0 Å². The molecule has 3 rings (SSSR count). The summed E-state index contributed by atoms with van der Waals surface area (Å²) in [5, 5.41) is 10.1. The minimum absolute atomic E-state index is 0.0113. The van der Waals surface area contributed by atoms with Gasteiger partial charge in [-0.3, -0.25) is 10.1 Å². The average molecular weight is 378 g/mol. The Kier molecular flexibility index (Phi) is 4.72. The number of aromatic nitrogens is 2. The van der Waals surface area contributed by atoms with E-state index in [-0.39, 0.29) is 30.8 Å². The summed E-state index contributed by atoms with van der Waals surface area (Å²) in [5.74, 6) is 1.03. The molecule has 118 valence electrons. The van der Waals surface area contributed by atoms with E-state index in [9.17, 15) is 4.79 Å². The second-order valence-electron chi connectivity index (χ2n) is 4.48. The highest BCUT2D eigenvalue weighted by Crippen LogP contribution is 2.24. The van der Waals surface area contributed by atoms with Crippen LogP contribution >= 0.6 is 15.9 Å². The zero-order valence-electron chi connectivity index (χ0n) is 11.9. The van der Waals surface area contributed by atoms with Gasteiger partial charge in [-0.1, -0.05) is 23.3 Å². The van der Waals surface area contributed by atoms with Crippen molar-refractivity contribution in [1.29, 1.82) is 0 Å². The first-order chi connectivity index (χ1) is 11.2. The van der Waals surface area contributed by atoms with Crippen molar-refractivity contribution in [2.24, 2.45) is 0 Å². The normalized spacial score (nSPS) is 10.5. The number of anilines is 1. The highest BCUT2D eigenvalue weighted by atomic mass is 79.9. The summed E-state index contributed by atoms with van der Waals surface area (Å²) in [6, 6.07) is 12.7. The van der Waals surface area contributed by atoms with Gasteiger partial charge in [0.05, 0.1) is 13.0 Å². The van der Waals surface area contributed by atoms with Crippen LogP contribution in [0.25, 0.3) is 11.7 Å². The lowest BCUT2D eigenvalue weighted by molar-refractivity contribution is -0.116. The highest BCUT2D eigenvalue weighted by molar-refractivity contribution is 9.10. The fraction of sp³-hybridized carbons (Fsp3) is 0.133. The van der Waals surface area contributed by atoms with Crippen LogP contribution < -0.4 is 10.1 Å². The number of carbonyl (C=O) groups excluding carboxylic acids is 1. The summed E-state index contributed by atoms with van der Waals surface area (Å²) in [6.45, 7) is 0.252. The lowest BCUT2D eigenvalue weighted by atomic mass is 10.3. The average Bonchev–Trinajstić information content (AvgIpc) is 3.17. The van der Waals surface area contributed by atoms with Gasteiger partial charge in [0, 0.05) is 0 Å². The second kappa shape index (κ2) is 7.10. The molecule has 23 heavy (non-hydrogen) atoms. The van der Waals surface area contributed by atoms with Crippen LogP contribution in [-0.4, -0.2) is 22.7 Å². The van der Waals surface area contributed by atoms with Crippen molar-refractivity contribution < 1.29 is 18.4 Å². The molecule has 0 aliphatic rings. The van der Waals surface area contributed by atoms with Crippen LogP contribution in [0.15, 0.2) is 56.0 Å². The van der Waals surface area contributed by atoms with E-state index in [1.165, 1.54) is 0 Å². The Labute approximate surface area is 139 Å². The summed E-state index contributed by atoms with van der Waals surface area (Å²) >= 11 is 3.18. The molecule has 1 N–H and O–H groups in total. The SMILES string of the molecule is O=C(CCOc1ccccc1)Nc1nnc(-c2ccc(Br)o2)o1. The molecule has 0 saturated carbocycles. The Bertz CT molecular complexity index is 785. The first-order valence-electron chi connectivity index (χ1n) is 6.77. The fourth-order valence-electron chi connectivity index (χ4n) is 1.76. The predicted octanol–water partition coefficient (Wildman–Crippen LogP) is 3.50. The van der Waals surface area contributed by atoms with Crippen LogP contribution in [0.3, 0.4) is 0 Å². The van der Waals surface area contributed by atoms with Gasteiger partial charge in [0.2, 0.25) is 5.91 Å². The molecule has 0 saturated heterocycles. The first-order valence-corrected chi connectivity index (χ1v) is 7.57. The molecule has 0 atom stereocenters. The molecule has 8 heteroatoms. The standard InChI is InChI=1S/C15H12BrN3O4/c16-12-7-6-11(22-12)14-18-19-15(23-14)17-13(20)8-9-21-10-4-2-1-3-5-10/h1-7H,8-9H2,(H,17,19,20). The van der Waals surface area contributed by atoms with Gasteiger partial charge in [0.15, 0.2) is 10.4 Å². The van der Waals surface area contributed by atoms with Gasteiger partial charge in [0.25, 0.3) is 5.89 Å². The number of para-hydroxylation sites is 1. The number of amides is 1. The van der Waals surface area contributed by atoms with Crippen molar-refractivity contribution in [3.63, 3.8) is 0 Å². The zero-order valence-corrected chi connectivity index (χ0v) is 13.4. The van der Waals surface area contributed by atoms with E-state index in [2.05, 4.69) is 31.4 Å². The maximum atomic E-state index is 11.8. The predicted molar refractivity (Wildman–Crippen MR) is 84.9 cm³/mol. The molecule has 0 fully saturated rings. The number of ether oxygens (including phenoxy) is 1. The number of halogens is 1. The van der Waals surface area contributed by atoms with Gasteiger partial charge in [-0.2, -0.15) is 0 Å². The van der Waals surface area contributed by atoms with Crippen LogP contribution in [-0.2, 0) is 4.79 Å². The first kappa shape index (κ1) is 15.3. The molecule has 2 heterocycles. The van der Waals surface area contributed by atoms with Gasteiger partial charge < -0.3 is 13.6 Å². The number of benzene rings is 1. The van der Waals surface area contributed by atoms with Gasteiger partial charge >= 0.3 is 6.01 Å². The van der Waals surface area contributed by atoms with E-state index in [1.807, 2.05) is 30.3 Å². The number of nitrogens with zero attached hydrogens (tertiary/aromatic N) is 2. The number of nitrogens with one attached hydrogen (secondary N) is 1. The van der Waals surface area contributed by atoms with Gasteiger partial charge in [0.1, 0.15) is 5.75 Å². The van der Waals surface area contributed by atoms with E-state index in [4.69, 9.17) is 13.6 Å². The van der Waals surface area contributed by atoms with Crippen molar-refractivity contribution in [2.45, 2.75) is 6.42 Å². The van der Waals surface area contributed by atoms with Crippen LogP contribution in [0.4, 0.5) is 6.01 Å². The van der Waals surface area contributed by atoms with Gasteiger partial charge in [-0.05, 0) is 40.2 Å². The third-order valence-corrected chi connectivity index (χ3v) is 3.22. The van der Waals surface area contributed by atoms with E-state index in [0.717, 1.165) is 0 Å². The van der Waals surface area contributed by atoms with E-state index < -0.39 is 0 Å². The summed E-state index contributed by atoms with van der Waals surface area (Å²) in [6.07, 6.45) is 0.166. The zero-order chi connectivity index (χ0) is 16.1. The quantitative estimate of drug-likeness (QED) is 0.706. The van der Waals surface area contributed by atoms with Crippen LogP contribution in [0, 0.1) is 0 Å². The van der Waals surface area contributed by atoms with Crippen molar-refractivity contribution in [1.82, 2.24) is 10.2 Å². The molecule has 7 nitrogen and oxygen atoms in total. The molecule has 0 aliphatic carbocycles. The largest absolute Gasteiger partial charge is 0.493 e. The Morgan fingerprint density at radius 1 is 1.13 bits per heavy atom. The number of hydrogen-bond acceptors (Lipinski definition) is 6. The topological polar surface area (TPSA) is 90.4 Å². The fourth-order valence-corrected chi connectivity index (χ4v) is 2.07. The molecule has 0 unspecified atom stereocenters.